The highest BCUT2D eigenvalue weighted by Crippen LogP contribution is 2.35. The molecule has 0 spiro atoms. The maximum Gasteiger partial charge on any atom is 0.251 e. The van der Waals surface area contributed by atoms with Crippen molar-refractivity contribution in [3.63, 3.8) is 0 Å². The number of benzene rings is 1. The summed E-state index contributed by atoms with van der Waals surface area (Å²) in [4.78, 5) is 30.3. The van der Waals surface area contributed by atoms with Gasteiger partial charge in [0.15, 0.2) is 0 Å². The van der Waals surface area contributed by atoms with Gasteiger partial charge in [0, 0.05) is 30.0 Å². The average Bonchev–Trinajstić information content (AvgIpc) is 2.97. The van der Waals surface area contributed by atoms with E-state index in [0.29, 0.717) is 12.2 Å². The summed E-state index contributed by atoms with van der Waals surface area (Å²) in [5, 5.41) is 3.04. The van der Waals surface area contributed by atoms with E-state index >= 15 is 0 Å². The summed E-state index contributed by atoms with van der Waals surface area (Å²) in [5.74, 6) is 1.07. The Kier molecular flexibility index (Phi) is 3.37. The summed E-state index contributed by atoms with van der Waals surface area (Å²) in [6.45, 7) is 0.688. The summed E-state index contributed by atoms with van der Waals surface area (Å²) in [6.07, 6.45) is 3.92. The fourth-order valence-corrected chi connectivity index (χ4v) is 3.18. The largest absolute Gasteiger partial charge is 0.493 e. The number of fused-ring (bicyclic) bond motifs is 1. The Hall–Kier alpha value is -2.63. The first-order valence-corrected chi connectivity index (χ1v) is 7.80. The second kappa shape index (κ2) is 5.53. The molecule has 0 saturated heterocycles. The summed E-state index contributed by atoms with van der Waals surface area (Å²) in [5.41, 5.74) is 2.43. The predicted molar refractivity (Wildman–Crippen MR) is 83.7 cm³/mol. The molecule has 6 heteroatoms. The first kappa shape index (κ1) is 14.0. The van der Waals surface area contributed by atoms with E-state index in [2.05, 4.69) is 15.3 Å². The SMILES string of the molecule is O=C(NC1CC(c2cc(=O)[nH]cn2)C1)c1ccc2c(c1)CCO2. The maximum atomic E-state index is 12.3. The predicted octanol–water partition coefficient (Wildman–Crippen LogP) is 1.38. The van der Waals surface area contributed by atoms with Gasteiger partial charge in [-0.2, -0.15) is 0 Å². The molecule has 1 aliphatic carbocycles. The quantitative estimate of drug-likeness (QED) is 0.897. The second-order valence-electron chi connectivity index (χ2n) is 6.10. The Balaban J connectivity index is 1.37. The van der Waals surface area contributed by atoms with Crippen LogP contribution in [0, 0.1) is 0 Å². The summed E-state index contributed by atoms with van der Waals surface area (Å²) < 4.78 is 5.45. The lowest BCUT2D eigenvalue weighted by Gasteiger charge is -2.35. The van der Waals surface area contributed by atoms with Gasteiger partial charge in [-0.25, -0.2) is 4.98 Å². The van der Waals surface area contributed by atoms with Crippen molar-refractivity contribution in [2.45, 2.75) is 31.2 Å². The molecule has 1 aromatic carbocycles. The van der Waals surface area contributed by atoms with Crippen molar-refractivity contribution in [3.05, 3.63) is 57.8 Å². The molecule has 2 aromatic rings. The lowest BCUT2D eigenvalue weighted by molar-refractivity contribution is 0.0908. The van der Waals surface area contributed by atoms with Crippen molar-refractivity contribution in [3.8, 4) is 5.75 Å². The van der Waals surface area contributed by atoms with Gasteiger partial charge in [-0.05, 0) is 36.6 Å². The number of aromatic nitrogens is 2. The number of ether oxygens (including phenoxy) is 1. The maximum absolute atomic E-state index is 12.3. The first-order valence-electron chi connectivity index (χ1n) is 7.80. The Morgan fingerprint density at radius 3 is 3.00 bits per heavy atom. The third-order valence-electron chi connectivity index (χ3n) is 4.54. The van der Waals surface area contributed by atoms with Gasteiger partial charge >= 0.3 is 0 Å². The lowest BCUT2D eigenvalue weighted by Crippen LogP contribution is -2.43. The van der Waals surface area contributed by atoms with Crippen molar-refractivity contribution in [2.24, 2.45) is 0 Å². The van der Waals surface area contributed by atoms with Gasteiger partial charge in [-0.15, -0.1) is 0 Å². The van der Waals surface area contributed by atoms with Crippen LogP contribution in [0.15, 0.2) is 35.4 Å². The van der Waals surface area contributed by atoms with Crippen molar-refractivity contribution in [1.82, 2.24) is 15.3 Å². The molecule has 6 nitrogen and oxygen atoms in total. The standard InChI is InChI=1S/C17H17N3O3/c21-16-8-14(18-9-19-16)12-6-13(7-12)20-17(22)11-1-2-15-10(5-11)3-4-23-15/h1-2,5,8-9,12-13H,3-4,6-7H2,(H,20,22)(H,18,19,21). The average molecular weight is 311 g/mol. The number of nitrogens with zero attached hydrogens (tertiary/aromatic N) is 1. The zero-order chi connectivity index (χ0) is 15.8. The van der Waals surface area contributed by atoms with E-state index in [1.54, 1.807) is 6.07 Å². The number of rotatable bonds is 3. The van der Waals surface area contributed by atoms with E-state index in [9.17, 15) is 9.59 Å². The number of hydrogen-bond donors (Lipinski definition) is 2. The van der Waals surface area contributed by atoms with Crippen LogP contribution in [0.2, 0.25) is 0 Å². The smallest absolute Gasteiger partial charge is 0.251 e. The first-order chi connectivity index (χ1) is 11.2. The molecular weight excluding hydrogens is 294 g/mol. The fraction of sp³-hybridized carbons (Fsp3) is 0.353. The summed E-state index contributed by atoms with van der Waals surface area (Å²) >= 11 is 0. The minimum Gasteiger partial charge on any atom is -0.493 e. The Labute approximate surface area is 132 Å². The number of H-pyrrole nitrogens is 1. The molecule has 1 amide bonds. The van der Waals surface area contributed by atoms with Gasteiger partial charge in [0.05, 0.1) is 18.6 Å². The summed E-state index contributed by atoms with van der Waals surface area (Å²) in [6, 6.07) is 7.24. The van der Waals surface area contributed by atoms with Crippen molar-refractivity contribution in [2.75, 3.05) is 6.61 Å². The molecule has 0 atom stereocenters. The Morgan fingerprint density at radius 1 is 1.30 bits per heavy atom. The molecule has 4 rings (SSSR count). The van der Waals surface area contributed by atoms with Gasteiger partial charge in [-0.3, -0.25) is 9.59 Å². The monoisotopic (exact) mass is 311 g/mol. The molecular formula is C17H17N3O3. The minimum atomic E-state index is -0.136. The van der Waals surface area contributed by atoms with E-state index in [4.69, 9.17) is 4.74 Å². The number of nitrogens with one attached hydrogen (secondary N) is 2. The van der Waals surface area contributed by atoms with Crippen LogP contribution in [0.3, 0.4) is 0 Å². The molecule has 0 unspecified atom stereocenters. The van der Waals surface area contributed by atoms with Crippen LogP contribution in [-0.2, 0) is 6.42 Å². The highest BCUT2D eigenvalue weighted by molar-refractivity contribution is 5.94. The van der Waals surface area contributed by atoms with E-state index in [0.717, 1.165) is 36.3 Å². The molecule has 0 bridgehead atoms. The third kappa shape index (κ3) is 2.72. The topological polar surface area (TPSA) is 84.1 Å². The molecule has 1 aliphatic heterocycles. The van der Waals surface area contributed by atoms with Gasteiger partial charge in [0.2, 0.25) is 0 Å². The third-order valence-corrected chi connectivity index (χ3v) is 4.54. The zero-order valence-corrected chi connectivity index (χ0v) is 12.5. The molecule has 2 heterocycles. The molecule has 2 aliphatic rings. The second-order valence-corrected chi connectivity index (χ2v) is 6.10. The van der Waals surface area contributed by atoms with Crippen LogP contribution < -0.4 is 15.6 Å². The van der Waals surface area contributed by atoms with Crippen LogP contribution >= 0.6 is 0 Å². The van der Waals surface area contributed by atoms with Crippen molar-refractivity contribution >= 4 is 5.91 Å². The molecule has 1 saturated carbocycles. The van der Waals surface area contributed by atoms with Crippen LogP contribution in [0.1, 0.15) is 40.4 Å². The lowest BCUT2D eigenvalue weighted by atomic mass is 9.78. The number of carbonyl (C=O) groups excluding carboxylic acids is 1. The Bertz CT molecular complexity index is 809. The van der Waals surface area contributed by atoms with Gasteiger partial charge < -0.3 is 15.0 Å². The molecule has 2 N–H and O–H groups in total. The van der Waals surface area contributed by atoms with Gasteiger partial charge in [-0.1, -0.05) is 0 Å². The number of aromatic amines is 1. The normalized spacial score (nSPS) is 21.9. The molecule has 0 radical (unpaired) electrons. The number of carbonyl (C=O) groups is 1. The molecule has 1 aromatic heterocycles. The molecule has 1 fully saturated rings. The van der Waals surface area contributed by atoms with Crippen LogP contribution in [0.25, 0.3) is 0 Å². The highest BCUT2D eigenvalue weighted by Gasteiger charge is 2.32. The Morgan fingerprint density at radius 2 is 2.17 bits per heavy atom. The van der Waals surface area contributed by atoms with E-state index in [1.165, 1.54) is 12.4 Å². The zero-order valence-electron chi connectivity index (χ0n) is 12.5. The van der Waals surface area contributed by atoms with Gasteiger partial charge in [0.25, 0.3) is 11.5 Å². The van der Waals surface area contributed by atoms with E-state index in [-0.39, 0.29) is 23.4 Å². The van der Waals surface area contributed by atoms with E-state index in [1.807, 2.05) is 12.1 Å². The summed E-state index contributed by atoms with van der Waals surface area (Å²) in [7, 11) is 0. The van der Waals surface area contributed by atoms with Crippen molar-refractivity contribution < 1.29 is 9.53 Å². The van der Waals surface area contributed by atoms with Crippen LogP contribution in [-0.4, -0.2) is 28.5 Å². The van der Waals surface area contributed by atoms with Crippen molar-refractivity contribution in [1.29, 1.82) is 0 Å². The highest BCUT2D eigenvalue weighted by atomic mass is 16.5. The number of hydrogen-bond acceptors (Lipinski definition) is 4. The fourth-order valence-electron chi connectivity index (χ4n) is 3.18. The van der Waals surface area contributed by atoms with Crippen LogP contribution in [0.4, 0.5) is 0 Å². The number of amides is 1. The molecule has 118 valence electrons. The minimum absolute atomic E-state index is 0.0537. The van der Waals surface area contributed by atoms with E-state index < -0.39 is 0 Å². The van der Waals surface area contributed by atoms with Gasteiger partial charge in [0.1, 0.15) is 5.75 Å². The molecule has 23 heavy (non-hydrogen) atoms. The van der Waals surface area contributed by atoms with Crippen LogP contribution in [0.5, 0.6) is 5.75 Å².